The predicted molar refractivity (Wildman–Crippen MR) is 93.6 cm³/mol. The maximum atomic E-state index is 12.3. The Morgan fingerprint density at radius 3 is 2.58 bits per heavy atom. The molecule has 5 heteroatoms. The average molecular weight is 322 g/mol. The van der Waals surface area contributed by atoms with Crippen LogP contribution in [0.4, 0.5) is 5.82 Å². The molecule has 1 atom stereocenters. The number of hydrogen-bond donors (Lipinski definition) is 1. The number of carbonyl (C=O) groups excluding carboxylic acids is 1. The minimum Gasteiger partial charge on any atom is -0.354 e. The highest BCUT2D eigenvalue weighted by Crippen LogP contribution is 2.25. The molecule has 1 aromatic heterocycles. The van der Waals surface area contributed by atoms with Crippen molar-refractivity contribution in [2.45, 2.75) is 31.7 Å². The van der Waals surface area contributed by atoms with Gasteiger partial charge in [-0.15, -0.1) is 10.2 Å². The quantitative estimate of drug-likeness (QED) is 0.940. The van der Waals surface area contributed by atoms with Crippen LogP contribution in [0.2, 0.25) is 0 Å². The summed E-state index contributed by atoms with van der Waals surface area (Å²) in [6.07, 6.45) is 4.25. The summed E-state index contributed by atoms with van der Waals surface area (Å²) in [7, 11) is 0. The van der Waals surface area contributed by atoms with E-state index in [0.717, 1.165) is 55.8 Å². The summed E-state index contributed by atoms with van der Waals surface area (Å²) in [5.41, 5.74) is 1.94. The number of nitrogens with zero attached hydrogens (tertiary/aromatic N) is 3. The van der Waals surface area contributed by atoms with Crippen LogP contribution in [0.1, 0.15) is 25.7 Å². The number of carbonyl (C=O) groups is 1. The van der Waals surface area contributed by atoms with Crippen LogP contribution < -0.4 is 10.2 Å². The number of anilines is 1. The van der Waals surface area contributed by atoms with E-state index in [-0.39, 0.29) is 11.8 Å². The van der Waals surface area contributed by atoms with Crippen molar-refractivity contribution in [3.8, 4) is 11.3 Å². The van der Waals surface area contributed by atoms with E-state index in [1.807, 2.05) is 42.5 Å². The maximum Gasteiger partial charge on any atom is 0.225 e. The Morgan fingerprint density at radius 1 is 1.04 bits per heavy atom. The summed E-state index contributed by atoms with van der Waals surface area (Å²) in [5.74, 6) is 1.13. The van der Waals surface area contributed by atoms with Crippen molar-refractivity contribution in [2.75, 3.05) is 18.0 Å². The molecule has 1 saturated carbocycles. The van der Waals surface area contributed by atoms with Crippen molar-refractivity contribution in [3.63, 3.8) is 0 Å². The van der Waals surface area contributed by atoms with Crippen molar-refractivity contribution in [1.82, 2.24) is 15.5 Å². The first-order valence-electron chi connectivity index (χ1n) is 8.74. The molecule has 1 aromatic carbocycles. The van der Waals surface area contributed by atoms with Gasteiger partial charge < -0.3 is 10.2 Å². The monoisotopic (exact) mass is 322 g/mol. The lowest BCUT2D eigenvalue weighted by molar-refractivity contribution is -0.125. The lowest BCUT2D eigenvalue weighted by Crippen LogP contribution is -2.44. The Labute approximate surface area is 142 Å². The molecular weight excluding hydrogens is 300 g/mol. The third-order valence-corrected chi connectivity index (χ3v) is 4.76. The fourth-order valence-corrected chi connectivity index (χ4v) is 3.20. The van der Waals surface area contributed by atoms with Gasteiger partial charge in [0.05, 0.1) is 11.6 Å². The molecule has 1 aliphatic heterocycles. The van der Waals surface area contributed by atoms with E-state index in [1.54, 1.807) is 0 Å². The number of benzene rings is 1. The van der Waals surface area contributed by atoms with Gasteiger partial charge in [0.2, 0.25) is 5.91 Å². The van der Waals surface area contributed by atoms with Crippen molar-refractivity contribution in [3.05, 3.63) is 42.5 Å². The molecule has 4 rings (SSSR count). The molecule has 1 aliphatic carbocycles. The molecule has 5 nitrogen and oxygen atoms in total. The van der Waals surface area contributed by atoms with Gasteiger partial charge in [-0.25, -0.2) is 0 Å². The van der Waals surface area contributed by atoms with E-state index in [0.29, 0.717) is 6.04 Å². The second-order valence-electron chi connectivity index (χ2n) is 6.71. The van der Waals surface area contributed by atoms with Gasteiger partial charge in [-0.2, -0.15) is 0 Å². The zero-order valence-electron chi connectivity index (χ0n) is 13.7. The van der Waals surface area contributed by atoms with E-state index in [2.05, 4.69) is 20.4 Å². The van der Waals surface area contributed by atoms with Crippen LogP contribution in [0.3, 0.4) is 0 Å². The minimum absolute atomic E-state index is 0.0648. The van der Waals surface area contributed by atoms with E-state index in [1.165, 1.54) is 0 Å². The average Bonchev–Trinajstić information content (AvgIpc) is 3.47. The number of nitrogens with one attached hydrogen (secondary N) is 1. The molecule has 0 spiro atoms. The first-order chi connectivity index (χ1) is 11.8. The third kappa shape index (κ3) is 3.40. The van der Waals surface area contributed by atoms with Gasteiger partial charge in [0.15, 0.2) is 5.82 Å². The van der Waals surface area contributed by atoms with Gasteiger partial charge in [0.25, 0.3) is 0 Å². The van der Waals surface area contributed by atoms with Crippen molar-refractivity contribution >= 4 is 11.7 Å². The molecule has 2 fully saturated rings. The zero-order chi connectivity index (χ0) is 16.4. The largest absolute Gasteiger partial charge is 0.354 e. The first-order valence-corrected chi connectivity index (χ1v) is 8.74. The number of amides is 1. The van der Waals surface area contributed by atoms with Crippen LogP contribution >= 0.6 is 0 Å². The van der Waals surface area contributed by atoms with Crippen LogP contribution in [0, 0.1) is 5.92 Å². The molecule has 24 heavy (non-hydrogen) atoms. The highest BCUT2D eigenvalue weighted by atomic mass is 16.2. The van der Waals surface area contributed by atoms with Crippen LogP contribution in [-0.4, -0.2) is 35.2 Å². The number of rotatable bonds is 4. The van der Waals surface area contributed by atoms with Crippen LogP contribution in [0.5, 0.6) is 0 Å². The SMILES string of the molecule is O=C(NC1CC1)[C@@H]1CCCN(c2ccc(-c3ccccc3)nn2)C1. The smallest absolute Gasteiger partial charge is 0.225 e. The van der Waals surface area contributed by atoms with E-state index in [4.69, 9.17) is 0 Å². The molecule has 0 unspecified atom stereocenters. The molecular formula is C19H22N4O. The Kier molecular flexibility index (Phi) is 4.15. The number of aromatic nitrogens is 2. The van der Waals surface area contributed by atoms with Gasteiger partial charge in [-0.1, -0.05) is 30.3 Å². The summed E-state index contributed by atoms with van der Waals surface area (Å²) in [6, 6.07) is 14.5. The highest BCUT2D eigenvalue weighted by molar-refractivity contribution is 5.80. The zero-order valence-corrected chi connectivity index (χ0v) is 13.7. The lowest BCUT2D eigenvalue weighted by atomic mass is 9.97. The number of piperidine rings is 1. The van der Waals surface area contributed by atoms with Gasteiger partial charge in [-0.3, -0.25) is 4.79 Å². The molecule has 1 saturated heterocycles. The van der Waals surface area contributed by atoms with Gasteiger partial charge in [0, 0.05) is 24.7 Å². The van der Waals surface area contributed by atoms with Gasteiger partial charge >= 0.3 is 0 Å². The Morgan fingerprint density at radius 2 is 1.88 bits per heavy atom. The van der Waals surface area contributed by atoms with Crippen molar-refractivity contribution in [1.29, 1.82) is 0 Å². The van der Waals surface area contributed by atoms with Crippen LogP contribution in [-0.2, 0) is 4.79 Å². The molecule has 0 radical (unpaired) electrons. The molecule has 124 valence electrons. The van der Waals surface area contributed by atoms with Gasteiger partial charge in [-0.05, 0) is 37.8 Å². The second kappa shape index (κ2) is 6.59. The van der Waals surface area contributed by atoms with Crippen LogP contribution in [0.25, 0.3) is 11.3 Å². The minimum atomic E-state index is 0.0648. The maximum absolute atomic E-state index is 12.3. The first kappa shape index (κ1) is 15.1. The molecule has 0 bridgehead atoms. The van der Waals surface area contributed by atoms with Gasteiger partial charge in [0.1, 0.15) is 0 Å². The molecule has 2 aromatic rings. The third-order valence-electron chi connectivity index (χ3n) is 4.76. The summed E-state index contributed by atoms with van der Waals surface area (Å²) >= 11 is 0. The Bertz CT molecular complexity index is 697. The van der Waals surface area contributed by atoms with E-state index >= 15 is 0 Å². The van der Waals surface area contributed by atoms with Crippen molar-refractivity contribution < 1.29 is 4.79 Å². The lowest BCUT2D eigenvalue weighted by Gasteiger charge is -2.32. The van der Waals surface area contributed by atoms with E-state index < -0.39 is 0 Å². The second-order valence-corrected chi connectivity index (χ2v) is 6.71. The summed E-state index contributed by atoms with van der Waals surface area (Å²) in [6.45, 7) is 1.67. The highest BCUT2D eigenvalue weighted by Gasteiger charge is 2.30. The van der Waals surface area contributed by atoms with Crippen molar-refractivity contribution in [2.24, 2.45) is 5.92 Å². The fraction of sp³-hybridized carbons (Fsp3) is 0.421. The summed E-state index contributed by atoms with van der Waals surface area (Å²) in [4.78, 5) is 14.5. The Balaban J connectivity index is 1.44. The standard InChI is InChI=1S/C19H22N4O/c24-19(20-16-8-9-16)15-7-4-12-23(13-15)18-11-10-17(21-22-18)14-5-2-1-3-6-14/h1-3,5-6,10-11,15-16H,4,7-9,12-13H2,(H,20,24)/t15-/m1/s1. The van der Waals surface area contributed by atoms with Crippen LogP contribution in [0.15, 0.2) is 42.5 Å². The van der Waals surface area contributed by atoms with E-state index in [9.17, 15) is 4.79 Å². The predicted octanol–water partition coefficient (Wildman–Crippen LogP) is 2.64. The normalized spacial score (nSPS) is 20.7. The molecule has 1 N–H and O–H groups in total. The number of hydrogen-bond acceptors (Lipinski definition) is 4. The topological polar surface area (TPSA) is 58.1 Å². The molecule has 1 amide bonds. The Hall–Kier alpha value is -2.43. The fourth-order valence-electron chi connectivity index (χ4n) is 3.20. The summed E-state index contributed by atoms with van der Waals surface area (Å²) < 4.78 is 0. The summed E-state index contributed by atoms with van der Waals surface area (Å²) in [5, 5.41) is 11.9. The molecule has 2 heterocycles. The molecule has 2 aliphatic rings.